The van der Waals surface area contributed by atoms with E-state index in [-0.39, 0.29) is 24.2 Å². The monoisotopic (exact) mass is 535 g/mol. The third-order valence-corrected chi connectivity index (χ3v) is 6.86. The van der Waals surface area contributed by atoms with Crippen molar-refractivity contribution in [3.8, 4) is 22.8 Å². The first kappa shape index (κ1) is 26.5. The molecule has 1 amide bonds. The largest absolute Gasteiger partial charge is 0.395 e. The first-order valence-corrected chi connectivity index (χ1v) is 12.9. The van der Waals surface area contributed by atoms with E-state index < -0.39 is 11.6 Å². The summed E-state index contributed by atoms with van der Waals surface area (Å²) in [7, 11) is 0. The zero-order valence-corrected chi connectivity index (χ0v) is 21.9. The van der Waals surface area contributed by atoms with Crippen LogP contribution in [0.3, 0.4) is 0 Å². The van der Waals surface area contributed by atoms with E-state index in [0.717, 1.165) is 44.0 Å². The van der Waals surface area contributed by atoms with Crippen LogP contribution < -0.4 is 10.2 Å². The summed E-state index contributed by atoms with van der Waals surface area (Å²) in [6.45, 7) is 8.35. The van der Waals surface area contributed by atoms with Crippen LogP contribution in [0.5, 0.6) is 0 Å². The summed E-state index contributed by atoms with van der Waals surface area (Å²) in [5, 5.41) is 12.0. The minimum atomic E-state index is -0.966. The molecular formula is C28H31F2N7O2. The Morgan fingerprint density at radius 3 is 2.49 bits per heavy atom. The summed E-state index contributed by atoms with van der Waals surface area (Å²) >= 11 is 0. The van der Waals surface area contributed by atoms with Crippen molar-refractivity contribution in [1.29, 1.82) is 0 Å². The number of halogens is 2. The van der Waals surface area contributed by atoms with Crippen LogP contribution in [0.1, 0.15) is 30.4 Å². The van der Waals surface area contributed by atoms with Crippen LogP contribution in [0.2, 0.25) is 0 Å². The summed E-state index contributed by atoms with van der Waals surface area (Å²) < 4.78 is 29.3. The number of β-amino-alcohol motifs (C(OH)–C–C–N with tert-alkyl or cyclic N) is 1. The highest BCUT2D eigenvalue weighted by atomic mass is 19.2. The second-order valence-corrected chi connectivity index (χ2v) is 9.76. The third-order valence-electron chi connectivity index (χ3n) is 6.86. The van der Waals surface area contributed by atoms with E-state index in [2.05, 4.69) is 30.1 Å². The van der Waals surface area contributed by atoms with Crippen molar-refractivity contribution in [3.63, 3.8) is 0 Å². The smallest absolute Gasteiger partial charge is 0.275 e. The number of H-pyrrole nitrogens is 1. The highest BCUT2D eigenvalue weighted by molar-refractivity contribution is 6.03. The van der Waals surface area contributed by atoms with Crippen LogP contribution in [-0.4, -0.2) is 74.8 Å². The van der Waals surface area contributed by atoms with Crippen molar-refractivity contribution >= 4 is 17.3 Å². The fraction of sp³-hybridized carbons (Fsp3) is 0.321. The molecule has 4 aromatic rings. The van der Waals surface area contributed by atoms with Gasteiger partial charge in [-0.2, -0.15) is 0 Å². The molecule has 3 N–H and O–H groups in total. The highest BCUT2D eigenvalue weighted by Crippen LogP contribution is 2.32. The molecule has 204 valence electrons. The number of amides is 1. The maximum Gasteiger partial charge on any atom is 0.275 e. The molecule has 1 fully saturated rings. The summed E-state index contributed by atoms with van der Waals surface area (Å²) in [4.78, 5) is 29.5. The van der Waals surface area contributed by atoms with Gasteiger partial charge < -0.3 is 24.9 Å². The molecule has 2 aromatic carbocycles. The van der Waals surface area contributed by atoms with Gasteiger partial charge in [0.15, 0.2) is 17.5 Å². The number of carbonyl (C=O) groups excluding carboxylic acids is 1. The maximum absolute atomic E-state index is 14.0. The van der Waals surface area contributed by atoms with Crippen molar-refractivity contribution in [2.75, 3.05) is 49.5 Å². The van der Waals surface area contributed by atoms with Gasteiger partial charge >= 0.3 is 0 Å². The highest BCUT2D eigenvalue weighted by Gasteiger charge is 2.22. The molecule has 9 nitrogen and oxygen atoms in total. The lowest BCUT2D eigenvalue weighted by Crippen LogP contribution is -2.47. The number of imidazole rings is 2. The number of carbonyl (C=O) groups is 1. The Balaban J connectivity index is 1.31. The molecular weight excluding hydrogens is 504 g/mol. The molecule has 0 spiro atoms. The van der Waals surface area contributed by atoms with Gasteiger partial charge in [0.1, 0.15) is 11.4 Å². The lowest BCUT2D eigenvalue weighted by Gasteiger charge is -2.35. The Bertz CT molecular complexity index is 1440. The predicted octanol–water partition coefficient (Wildman–Crippen LogP) is 4.17. The summed E-state index contributed by atoms with van der Waals surface area (Å²) in [6.07, 6.45) is 3.13. The number of benzene rings is 2. The van der Waals surface area contributed by atoms with Gasteiger partial charge in [-0.1, -0.05) is 0 Å². The van der Waals surface area contributed by atoms with Gasteiger partial charge in [0.05, 0.1) is 18.6 Å². The summed E-state index contributed by atoms with van der Waals surface area (Å²) in [6, 6.07) is 11.3. The molecule has 1 aliphatic heterocycles. The molecule has 0 radical (unpaired) electrons. The lowest BCUT2D eigenvalue weighted by atomic mass is 10.1. The average Bonchev–Trinajstić information content (AvgIpc) is 3.59. The Kier molecular flexibility index (Phi) is 7.71. The predicted molar refractivity (Wildman–Crippen MR) is 146 cm³/mol. The van der Waals surface area contributed by atoms with Crippen molar-refractivity contribution in [2.24, 2.45) is 0 Å². The van der Waals surface area contributed by atoms with Gasteiger partial charge in [0.2, 0.25) is 0 Å². The van der Waals surface area contributed by atoms with Crippen LogP contribution >= 0.6 is 0 Å². The third kappa shape index (κ3) is 5.69. The molecule has 0 bridgehead atoms. The Labute approximate surface area is 225 Å². The summed E-state index contributed by atoms with van der Waals surface area (Å²) in [5.41, 5.74) is 3.30. The molecule has 0 aliphatic carbocycles. The fourth-order valence-electron chi connectivity index (χ4n) is 4.72. The molecule has 0 saturated carbocycles. The maximum atomic E-state index is 14.0. The quantitative estimate of drug-likeness (QED) is 0.313. The second-order valence-electron chi connectivity index (χ2n) is 9.76. The minimum Gasteiger partial charge on any atom is -0.395 e. The number of aromatic amines is 1. The average molecular weight is 536 g/mol. The number of aliphatic hydroxyl groups is 1. The first-order chi connectivity index (χ1) is 18.8. The van der Waals surface area contributed by atoms with E-state index >= 15 is 0 Å². The number of nitrogens with zero attached hydrogens (tertiary/aromatic N) is 5. The van der Waals surface area contributed by atoms with Gasteiger partial charge in [0, 0.05) is 61.9 Å². The van der Waals surface area contributed by atoms with Crippen molar-refractivity contribution in [3.05, 3.63) is 72.3 Å². The van der Waals surface area contributed by atoms with Gasteiger partial charge in [-0.05, 0) is 56.3 Å². The normalized spacial score (nSPS) is 14.3. The van der Waals surface area contributed by atoms with Crippen molar-refractivity contribution in [1.82, 2.24) is 24.4 Å². The van der Waals surface area contributed by atoms with E-state index in [1.807, 2.05) is 42.7 Å². The number of aliphatic hydroxyl groups excluding tert-OH is 1. The zero-order chi connectivity index (χ0) is 27.5. The number of nitrogens with one attached hydrogen (secondary N) is 2. The lowest BCUT2D eigenvalue weighted by molar-refractivity contribution is 0.102. The molecule has 39 heavy (non-hydrogen) atoms. The van der Waals surface area contributed by atoms with Crippen LogP contribution in [0.4, 0.5) is 20.2 Å². The fourth-order valence-corrected chi connectivity index (χ4v) is 4.72. The van der Waals surface area contributed by atoms with E-state index in [1.165, 1.54) is 12.3 Å². The molecule has 5 rings (SSSR count). The molecule has 3 heterocycles. The van der Waals surface area contributed by atoms with Gasteiger partial charge in [-0.3, -0.25) is 9.69 Å². The van der Waals surface area contributed by atoms with Gasteiger partial charge in [0.25, 0.3) is 5.91 Å². The molecule has 0 atom stereocenters. The Hall–Kier alpha value is -4.09. The second kappa shape index (κ2) is 11.3. The van der Waals surface area contributed by atoms with E-state index in [0.29, 0.717) is 35.0 Å². The first-order valence-electron chi connectivity index (χ1n) is 12.9. The van der Waals surface area contributed by atoms with Crippen LogP contribution in [-0.2, 0) is 0 Å². The zero-order valence-electron chi connectivity index (χ0n) is 21.9. The topological polar surface area (TPSA) is 102 Å². The molecule has 11 heteroatoms. The SMILES string of the molecule is CC(C)n1cnc(-c2ccc(F)c(F)c2)c1-c1nc(C(=O)Nc2ccc(N3CCN(CCO)CC3)cc2)c[nH]1. The van der Waals surface area contributed by atoms with Crippen LogP contribution in [0.15, 0.2) is 55.0 Å². The van der Waals surface area contributed by atoms with Crippen molar-refractivity contribution < 1.29 is 18.7 Å². The van der Waals surface area contributed by atoms with E-state index in [1.54, 1.807) is 6.33 Å². The van der Waals surface area contributed by atoms with Crippen LogP contribution in [0.25, 0.3) is 22.8 Å². The standard InChI is InChI=1S/C28H31F2N7O2/c1-18(2)37-17-32-25(19-3-8-22(29)23(30)15-19)26(37)27-31-16-24(34-27)28(39)33-20-4-6-21(7-5-20)36-11-9-35(10-12-36)13-14-38/h3-8,15-18,38H,9-14H2,1-2H3,(H,31,34)(H,33,39). The number of aromatic nitrogens is 4. The van der Waals surface area contributed by atoms with Gasteiger partial charge in [-0.15, -0.1) is 0 Å². The minimum absolute atomic E-state index is 0.00471. The Morgan fingerprint density at radius 2 is 1.82 bits per heavy atom. The summed E-state index contributed by atoms with van der Waals surface area (Å²) in [5.74, 6) is -1.89. The number of rotatable bonds is 8. The Morgan fingerprint density at radius 1 is 1.08 bits per heavy atom. The number of hydrogen-bond acceptors (Lipinski definition) is 6. The van der Waals surface area contributed by atoms with Crippen LogP contribution in [0, 0.1) is 11.6 Å². The number of hydrogen-bond donors (Lipinski definition) is 3. The molecule has 1 aliphatic rings. The molecule has 2 aromatic heterocycles. The molecule has 0 unspecified atom stereocenters. The number of piperazine rings is 1. The van der Waals surface area contributed by atoms with E-state index in [9.17, 15) is 13.6 Å². The van der Waals surface area contributed by atoms with Gasteiger partial charge in [-0.25, -0.2) is 18.7 Å². The molecule has 1 saturated heterocycles. The van der Waals surface area contributed by atoms with Crippen molar-refractivity contribution in [2.45, 2.75) is 19.9 Å². The van der Waals surface area contributed by atoms with E-state index in [4.69, 9.17) is 5.11 Å². The number of anilines is 2.